The van der Waals surface area contributed by atoms with Crippen LogP contribution in [0.2, 0.25) is 0 Å². The summed E-state index contributed by atoms with van der Waals surface area (Å²) in [5.41, 5.74) is -3.34. The Balaban J connectivity index is 5.01. The summed E-state index contributed by atoms with van der Waals surface area (Å²) in [5, 5.41) is 9.94. The number of carbonyl (C=O) groups is 2. The molecule has 0 fully saturated rings. The number of carboxylic acid groups (broad SMARTS) is 1. The molecule has 0 rings (SSSR count). The molecule has 1 unspecified atom stereocenters. The third kappa shape index (κ3) is 3.36. The average Bonchev–Trinajstić information content (AvgIpc) is 2.20. The van der Waals surface area contributed by atoms with E-state index in [2.05, 4.69) is 11.3 Å². The second-order valence-electron chi connectivity index (χ2n) is 3.07. The van der Waals surface area contributed by atoms with E-state index in [0.29, 0.717) is 0 Å². The van der Waals surface area contributed by atoms with Crippen LogP contribution in [0.4, 0.5) is 18.0 Å². The van der Waals surface area contributed by atoms with E-state index in [4.69, 9.17) is 5.11 Å². The Morgan fingerprint density at radius 3 is 2.29 bits per heavy atom. The molecule has 2 N–H and O–H groups in total. The van der Waals surface area contributed by atoms with E-state index < -0.39 is 30.2 Å². The molecule has 17 heavy (non-hydrogen) atoms. The fraction of sp³-hybridized carbons (Fsp3) is 0.556. The minimum Gasteiger partial charge on any atom is -0.479 e. The molecule has 98 valence electrons. The third-order valence-electron chi connectivity index (χ3n) is 2.03. The lowest BCUT2D eigenvalue weighted by Gasteiger charge is -2.30. The Morgan fingerprint density at radius 2 is 2.00 bits per heavy atom. The monoisotopic (exact) mass is 255 g/mol. The number of nitrogens with one attached hydrogen (secondary N) is 1. The van der Waals surface area contributed by atoms with Crippen LogP contribution in [0.5, 0.6) is 0 Å². The molecule has 0 radical (unpaired) electrons. The lowest BCUT2D eigenvalue weighted by atomic mass is 9.96. The van der Waals surface area contributed by atoms with Crippen molar-refractivity contribution in [2.75, 3.05) is 6.61 Å². The van der Waals surface area contributed by atoms with Crippen molar-refractivity contribution in [3.63, 3.8) is 0 Å². The number of aliphatic carboxylic acids is 1. The SMILES string of the molecule is C=CCOC(=O)NC(CC)(C(=O)O)C(F)(F)F. The van der Waals surface area contributed by atoms with Crippen LogP contribution in [-0.2, 0) is 9.53 Å². The van der Waals surface area contributed by atoms with Crippen molar-refractivity contribution in [2.45, 2.75) is 25.1 Å². The largest absolute Gasteiger partial charge is 0.479 e. The Kier molecular flexibility index (Phi) is 4.99. The second-order valence-corrected chi connectivity index (χ2v) is 3.07. The molecule has 0 aromatic heterocycles. The van der Waals surface area contributed by atoms with Gasteiger partial charge < -0.3 is 9.84 Å². The highest BCUT2D eigenvalue weighted by molar-refractivity contribution is 5.85. The predicted octanol–water partition coefficient (Wildman–Crippen LogP) is 1.69. The highest BCUT2D eigenvalue weighted by Gasteiger charge is 2.61. The molecule has 0 bridgehead atoms. The zero-order chi connectivity index (χ0) is 13.7. The molecule has 0 aliphatic carbocycles. The summed E-state index contributed by atoms with van der Waals surface area (Å²) >= 11 is 0. The zero-order valence-electron chi connectivity index (χ0n) is 9.00. The lowest BCUT2D eigenvalue weighted by molar-refractivity contribution is -0.209. The van der Waals surface area contributed by atoms with E-state index in [1.54, 1.807) is 0 Å². The van der Waals surface area contributed by atoms with Gasteiger partial charge in [-0.2, -0.15) is 13.2 Å². The van der Waals surface area contributed by atoms with Crippen molar-refractivity contribution < 1.29 is 32.6 Å². The summed E-state index contributed by atoms with van der Waals surface area (Å²) in [5.74, 6) is -2.19. The number of alkyl carbamates (subject to hydrolysis) is 1. The first-order chi connectivity index (χ1) is 7.71. The van der Waals surface area contributed by atoms with E-state index in [9.17, 15) is 22.8 Å². The number of alkyl halides is 3. The molecule has 0 spiro atoms. The van der Waals surface area contributed by atoms with Gasteiger partial charge in [-0.15, -0.1) is 0 Å². The van der Waals surface area contributed by atoms with Gasteiger partial charge in [0.05, 0.1) is 0 Å². The average molecular weight is 255 g/mol. The minimum absolute atomic E-state index is 0.316. The standard InChI is InChI=1S/C9H12F3NO4/c1-3-5-17-7(16)13-8(4-2,6(14)15)9(10,11)12/h3H,1,4-5H2,2H3,(H,13,16)(H,14,15). The summed E-state index contributed by atoms with van der Waals surface area (Å²) in [4.78, 5) is 21.7. The number of hydrogen-bond donors (Lipinski definition) is 2. The van der Waals surface area contributed by atoms with E-state index >= 15 is 0 Å². The Hall–Kier alpha value is -1.73. The normalized spacial score (nSPS) is 14.6. The van der Waals surface area contributed by atoms with Crippen molar-refractivity contribution in [3.05, 3.63) is 12.7 Å². The molecular weight excluding hydrogens is 243 g/mol. The van der Waals surface area contributed by atoms with E-state index in [-0.39, 0.29) is 6.61 Å². The molecule has 0 aliphatic rings. The molecule has 0 heterocycles. The Labute approximate surface area is 95.2 Å². The number of carboxylic acids is 1. The zero-order valence-corrected chi connectivity index (χ0v) is 9.00. The smallest absolute Gasteiger partial charge is 0.422 e. The molecule has 0 saturated carbocycles. The third-order valence-corrected chi connectivity index (χ3v) is 2.03. The number of carbonyl (C=O) groups excluding carboxylic acids is 1. The number of ether oxygens (including phenoxy) is 1. The van der Waals surface area contributed by atoms with Crippen molar-refractivity contribution in [3.8, 4) is 0 Å². The molecular formula is C9H12F3NO4. The number of halogens is 3. The summed E-state index contributed by atoms with van der Waals surface area (Å²) in [6.07, 6.45) is -6.30. The van der Waals surface area contributed by atoms with Crippen LogP contribution in [0.15, 0.2) is 12.7 Å². The van der Waals surface area contributed by atoms with E-state index in [0.717, 1.165) is 13.0 Å². The summed E-state index contributed by atoms with van der Waals surface area (Å²) < 4.78 is 42.2. The van der Waals surface area contributed by atoms with Crippen molar-refractivity contribution in [1.29, 1.82) is 0 Å². The maximum atomic E-state index is 12.6. The van der Waals surface area contributed by atoms with Crippen molar-refractivity contribution >= 4 is 12.1 Å². The van der Waals surface area contributed by atoms with Gasteiger partial charge in [-0.25, -0.2) is 9.59 Å². The Morgan fingerprint density at radius 1 is 1.47 bits per heavy atom. The van der Waals surface area contributed by atoms with Crippen LogP contribution >= 0.6 is 0 Å². The number of rotatable bonds is 5. The van der Waals surface area contributed by atoms with Gasteiger partial charge >= 0.3 is 18.2 Å². The van der Waals surface area contributed by atoms with E-state index in [1.807, 2.05) is 0 Å². The van der Waals surface area contributed by atoms with Gasteiger partial charge in [0.2, 0.25) is 5.54 Å². The topological polar surface area (TPSA) is 75.6 Å². The Bertz CT molecular complexity index is 316. The van der Waals surface area contributed by atoms with Gasteiger partial charge in [0, 0.05) is 0 Å². The van der Waals surface area contributed by atoms with Gasteiger partial charge in [0.15, 0.2) is 0 Å². The molecule has 1 amide bonds. The summed E-state index contributed by atoms with van der Waals surface area (Å²) in [6.45, 7) is 3.87. The highest BCUT2D eigenvalue weighted by atomic mass is 19.4. The first-order valence-electron chi connectivity index (χ1n) is 4.57. The first kappa shape index (κ1) is 15.3. The molecule has 5 nitrogen and oxygen atoms in total. The quantitative estimate of drug-likeness (QED) is 0.733. The predicted molar refractivity (Wildman–Crippen MR) is 51.4 cm³/mol. The molecule has 8 heteroatoms. The van der Waals surface area contributed by atoms with Crippen molar-refractivity contribution in [1.82, 2.24) is 5.32 Å². The second kappa shape index (κ2) is 5.55. The number of hydrogen-bond acceptors (Lipinski definition) is 3. The summed E-state index contributed by atoms with van der Waals surface area (Å²) in [6, 6.07) is 0. The number of amides is 1. The maximum Gasteiger partial charge on any atom is 0.422 e. The molecule has 1 atom stereocenters. The van der Waals surface area contributed by atoms with E-state index in [1.165, 1.54) is 5.32 Å². The van der Waals surface area contributed by atoms with Crippen LogP contribution in [-0.4, -0.2) is 35.5 Å². The fourth-order valence-corrected chi connectivity index (χ4v) is 1.03. The van der Waals surface area contributed by atoms with Crippen molar-refractivity contribution in [2.24, 2.45) is 0 Å². The molecule has 0 aromatic rings. The maximum absolute atomic E-state index is 12.6. The van der Waals surface area contributed by atoms with Gasteiger partial charge in [0.1, 0.15) is 6.61 Å². The van der Waals surface area contributed by atoms with Crippen LogP contribution in [0, 0.1) is 0 Å². The summed E-state index contributed by atoms with van der Waals surface area (Å²) in [7, 11) is 0. The van der Waals surface area contributed by atoms with Crippen LogP contribution in [0.25, 0.3) is 0 Å². The van der Waals surface area contributed by atoms with Crippen LogP contribution in [0.1, 0.15) is 13.3 Å². The van der Waals surface area contributed by atoms with Crippen LogP contribution < -0.4 is 5.32 Å². The molecule has 0 saturated heterocycles. The minimum atomic E-state index is -5.12. The molecule has 0 aromatic carbocycles. The first-order valence-corrected chi connectivity index (χ1v) is 4.57. The van der Waals surface area contributed by atoms with Gasteiger partial charge in [-0.1, -0.05) is 19.6 Å². The van der Waals surface area contributed by atoms with Gasteiger partial charge in [-0.05, 0) is 6.42 Å². The highest BCUT2D eigenvalue weighted by Crippen LogP contribution is 2.33. The van der Waals surface area contributed by atoms with Gasteiger partial charge in [-0.3, -0.25) is 5.32 Å². The lowest BCUT2D eigenvalue weighted by Crippen LogP contribution is -2.63. The van der Waals surface area contributed by atoms with Crippen LogP contribution in [0.3, 0.4) is 0 Å². The molecule has 0 aliphatic heterocycles. The fourth-order valence-electron chi connectivity index (χ4n) is 1.03. The van der Waals surface area contributed by atoms with Gasteiger partial charge in [0.25, 0.3) is 0 Å².